The van der Waals surface area contributed by atoms with Crippen molar-refractivity contribution in [3.8, 4) is 0 Å². The van der Waals surface area contributed by atoms with Gasteiger partial charge in [-0.25, -0.2) is 8.42 Å². The molecule has 0 radical (unpaired) electrons. The first-order valence-corrected chi connectivity index (χ1v) is 6.69. The van der Waals surface area contributed by atoms with Crippen molar-refractivity contribution >= 4 is 16.0 Å². The summed E-state index contributed by atoms with van der Waals surface area (Å²) in [4.78, 5) is 10.7. The molecule has 0 spiro atoms. The maximum Gasteiger partial charge on any atom is 0.324 e. The van der Waals surface area contributed by atoms with Crippen LogP contribution in [0.3, 0.4) is 0 Å². The first kappa shape index (κ1) is 14.6. The highest BCUT2D eigenvalue weighted by atomic mass is 32.2. The number of carbonyl (C=O) groups is 1. The summed E-state index contributed by atoms with van der Waals surface area (Å²) in [6, 6.07) is 3.30. The van der Waals surface area contributed by atoms with Gasteiger partial charge in [0.05, 0.1) is 11.5 Å². The summed E-state index contributed by atoms with van der Waals surface area (Å²) in [5, 5.41) is 17.5. The van der Waals surface area contributed by atoms with Crippen molar-refractivity contribution in [1.29, 1.82) is 0 Å². The van der Waals surface area contributed by atoms with Gasteiger partial charge in [0.25, 0.3) is 0 Å². The Morgan fingerprint density at radius 3 is 2.50 bits per heavy atom. The zero-order valence-electron chi connectivity index (χ0n) is 10.0. The van der Waals surface area contributed by atoms with E-state index in [0.29, 0.717) is 5.56 Å². The van der Waals surface area contributed by atoms with Gasteiger partial charge in [-0.05, 0) is 31.0 Å². The number of rotatable bonds is 5. The molecule has 0 amide bonds. The minimum atomic E-state index is -3.96. The number of aliphatic hydroxyl groups excluding tert-OH is 1. The Morgan fingerprint density at radius 2 is 2.00 bits per heavy atom. The van der Waals surface area contributed by atoms with Crippen molar-refractivity contribution in [2.75, 3.05) is 6.61 Å². The number of aliphatic carboxylic acids is 1. The second kappa shape index (κ2) is 5.47. The Kier molecular flexibility index (Phi) is 4.44. The topological polar surface area (TPSA) is 104 Å². The predicted octanol–water partition coefficient (Wildman–Crippen LogP) is 0.0272. The lowest BCUT2D eigenvalue weighted by Crippen LogP contribution is -2.43. The van der Waals surface area contributed by atoms with Gasteiger partial charge in [-0.3, -0.25) is 4.79 Å². The minimum absolute atomic E-state index is 0.0159. The Balaban J connectivity index is 3.14. The lowest BCUT2D eigenvalue weighted by atomic mass is 10.2. The fourth-order valence-electron chi connectivity index (χ4n) is 1.41. The molecule has 1 aromatic carbocycles. The van der Waals surface area contributed by atoms with Crippen LogP contribution in [-0.4, -0.2) is 37.2 Å². The molecule has 6 nitrogen and oxygen atoms in total. The molecule has 7 heteroatoms. The molecule has 1 atom stereocenters. The zero-order valence-corrected chi connectivity index (χ0v) is 10.9. The Hall–Kier alpha value is -1.44. The molecule has 0 aromatic heterocycles. The number of aryl methyl sites for hydroxylation is 2. The van der Waals surface area contributed by atoms with Crippen molar-refractivity contribution in [2.45, 2.75) is 24.8 Å². The molecule has 1 rings (SSSR count). The molecule has 0 aliphatic heterocycles. The number of nitrogens with one attached hydrogen (secondary N) is 1. The summed E-state index contributed by atoms with van der Waals surface area (Å²) < 4.78 is 25.9. The number of sulfonamides is 1. The number of benzene rings is 1. The standard InChI is InChI=1S/C11H15NO5S/c1-7-3-4-8(2)10(5-7)18(16,17)12-9(6-13)11(14)15/h3-5,9,12-13H,6H2,1-2H3,(H,14,15)/t9-/m1/s1. The largest absolute Gasteiger partial charge is 0.480 e. The monoisotopic (exact) mass is 273 g/mol. The average molecular weight is 273 g/mol. The van der Waals surface area contributed by atoms with Crippen LogP contribution in [0, 0.1) is 13.8 Å². The van der Waals surface area contributed by atoms with E-state index in [1.54, 1.807) is 26.0 Å². The van der Waals surface area contributed by atoms with Crippen molar-refractivity contribution in [1.82, 2.24) is 4.72 Å². The van der Waals surface area contributed by atoms with Crippen LogP contribution >= 0.6 is 0 Å². The number of carboxylic acid groups (broad SMARTS) is 1. The van der Waals surface area contributed by atoms with E-state index in [1.165, 1.54) is 6.07 Å². The molecular formula is C11H15NO5S. The number of aliphatic hydroxyl groups is 1. The second-order valence-electron chi connectivity index (χ2n) is 3.96. The van der Waals surface area contributed by atoms with Gasteiger partial charge < -0.3 is 10.2 Å². The van der Waals surface area contributed by atoms with Crippen LogP contribution < -0.4 is 4.72 Å². The zero-order chi connectivity index (χ0) is 13.9. The van der Waals surface area contributed by atoms with Crippen LogP contribution in [-0.2, 0) is 14.8 Å². The lowest BCUT2D eigenvalue weighted by Gasteiger charge is -2.14. The van der Waals surface area contributed by atoms with Gasteiger partial charge in [-0.2, -0.15) is 4.72 Å². The van der Waals surface area contributed by atoms with E-state index in [9.17, 15) is 13.2 Å². The van der Waals surface area contributed by atoms with Crippen LogP contribution in [0.2, 0.25) is 0 Å². The molecular weight excluding hydrogens is 258 g/mol. The second-order valence-corrected chi connectivity index (χ2v) is 5.65. The van der Waals surface area contributed by atoms with E-state index in [1.807, 2.05) is 4.72 Å². The third-order valence-electron chi connectivity index (χ3n) is 2.41. The van der Waals surface area contributed by atoms with Gasteiger partial charge in [0.1, 0.15) is 6.04 Å². The maximum absolute atomic E-state index is 12.0. The first-order valence-electron chi connectivity index (χ1n) is 5.21. The molecule has 0 fully saturated rings. The number of hydrogen-bond donors (Lipinski definition) is 3. The number of hydrogen-bond acceptors (Lipinski definition) is 4. The third-order valence-corrected chi connectivity index (χ3v) is 4.02. The van der Waals surface area contributed by atoms with Gasteiger partial charge >= 0.3 is 5.97 Å². The summed E-state index contributed by atoms with van der Waals surface area (Å²) in [7, 11) is -3.96. The molecule has 0 aliphatic carbocycles. The maximum atomic E-state index is 12.0. The molecule has 0 unspecified atom stereocenters. The van der Waals surface area contributed by atoms with E-state index >= 15 is 0 Å². The van der Waals surface area contributed by atoms with E-state index < -0.39 is 28.6 Å². The van der Waals surface area contributed by atoms with Gasteiger partial charge in [-0.15, -0.1) is 0 Å². The molecule has 18 heavy (non-hydrogen) atoms. The summed E-state index contributed by atoms with van der Waals surface area (Å²) in [6.07, 6.45) is 0. The summed E-state index contributed by atoms with van der Waals surface area (Å²) in [6.45, 7) is 2.54. The van der Waals surface area contributed by atoms with Gasteiger partial charge in [0.15, 0.2) is 0 Å². The highest BCUT2D eigenvalue weighted by molar-refractivity contribution is 7.89. The summed E-state index contributed by atoms with van der Waals surface area (Å²) in [5.41, 5.74) is 1.26. The fraction of sp³-hybridized carbons (Fsp3) is 0.364. The van der Waals surface area contributed by atoms with Gasteiger partial charge in [0, 0.05) is 0 Å². The minimum Gasteiger partial charge on any atom is -0.480 e. The van der Waals surface area contributed by atoms with E-state index in [-0.39, 0.29) is 4.90 Å². The van der Waals surface area contributed by atoms with Gasteiger partial charge in [0.2, 0.25) is 10.0 Å². The van der Waals surface area contributed by atoms with E-state index in [4.69, 9.17) is 10.2 Å². The Morgan fingerprint density at radius 1 is 1.39 bits per heavy atom. The van der Waals surface area contributed by atoms with E-state index in [0.717, 1.165) is 5.56 Å². The Labute approximate surface area is 105 Å². The summed E-state index contributed by atoms with van der Waals surface area (Å²) >= 11 is 0. The van der Waals surface area contributed by atoms with Crippen molar-refractivity contribution < 1.29 is 23.4 Å². The molecule has 0 bridgehead atoms. The first-order chi connectivity index (χ1) is 8.27. The average Bonchev–Trinajstić information content (AvgIpc) is 2.28. The lowest BCUT2D eigenvalue weighted by molar-refractivity contribution is -0.139. The molecule has 100 valence electrons. The smallest absolute Gasteiger partial charge is 0.324 e. The number of carboxylic acids is 1. The predicted molar refractivity (Wildman–Crippen MR) is 64.7 cm³/mol. The molecule has 3 N–H and O–H groups in total. The normalized spacial score (nSPS) is 13.3. The molecule has 1 aromatic rings. The van der Waals surface area contributed by atoms with Crippen LogP contribution in [0.5, 0.6) is 0 Å². The third kappa shape index (κ3) is 3.28. The van der Waals surface area contributed by atoms with Gasteiger partial charge in [-0.1, -0.05) is 12.1 Å². The van der Waals surface area contributed by atoms with Crippen LogP contribution in [0.4, 0.5) is 0 Å². The van der Waals surface area contributed by atoms with Crippen molar-refractivity contribution in [2.24, 2.45) is 0 Å². The molecule has 0 heterocycles. The van der Waals surface area contributed by atoms with E-state index in [2.05, 4.69) is 0 Å². The quantitative estimate of drug-likeness (QED) is 0.702. The Bertz CT molecular complexity index is 553. The van der Waals surface area contributed by atoms with Crippen LogP contribution in [0.25, 0.3) is 0 Å². The molecule has 0 saturated carbocycles. The van der Waals surface area contributed by atoms with Crippen LogP contribution in [0.15, 0.2) is 23.1 Å². The SMILES string of the molecule is Cc1ccc(C)c(S(=O)(=O)N[C@H](CO)C(=O)O)c1. The van der Waals surface area contributed by atoms with Crippen molar-refractivity contribution in [3.63, 3.8) is 0 Å². The molecule has 0 saturated heterocycles. The fourth-order valence-corrected chi connectivity index (χ4v) is 2.92. The summed E-state index contributed by atoms with van der Waals surface area (Å²) in [5.74, 6) is -1.42. The molecule has 0 aliphatic rings. The highest BCUT2D eigenvalue weighted by Crippen LogP contribution is 2.16. The highest BCUT2D eigenvalue weighted by Gasteiger charge is 2.25. The van der Waals surface area contributed by atoms with Crippen molar-refractivity contribution in [3.05, 3.63) is 29.3 Å². The van der Waals surface area contributed by atoms with Crippen LogP contribution in [0.1, 0.15) is 11.1 Å².